The zero-order chi connectivity index (χ0) is 15.1. The Morgan fingerprint density at radius 3 is 2.43 bits per heavy atom. The van der Waals surface area contributed by atoms with Crippen LogP contribution in [0.2, 0.25) is 0 Å². The lowest BCUT2D eigenvalue weighted by Gasteiger charge is -2.08. The van der Waals surface area contributed by atoms with E-state index in [1.807, 2.05) is 18.2 Å². The molecule has 3 nitrogen and oxygen atoms in total. The molecule has 0 amide bonds. The maximum atomic E-state index is 12.0. The summed E-state index contributed by atoms with van der Waals surface area (Å²) in [5.74, 6) is 0.142. The number of nitrogens with zero attached hydrogens (tertiary/aromatic N) is 1. The number of hydrogen-bond donors (Lipinski definition) is 1. The van der Waals surface area contributed by atoms with Crippen molar-refractivity contribution in [2.24, 2.45) is 0 Å². The lowest BCUT2D eigenvalue weighted by molar-refractivity contribution is -0.0498. The van der Waals surface area contributed by atoms with Crippen LogP contribution in [0.3, 0.4) is 0 Å². The van der Waals surface area contributed by atoms with Gasteiger partial charge in [0.15, 0.2) is 0 Å². The van der Waals surface area contributed by atoms with Crippen LogP contribution in [0.4, 0.5) is 8.78 Å². The van der Waals surface area contributed by atoms with Gasteiger partial charge in [-0.05, 0) is 29.3 Å². The van der Waals surface area contributed by atoms with Crippen molar-refractivity contribution >= 4 is 0 Å². The van der Waals surface area contributed by atoms with Crippen LogP contribution in [0.1, 0.15) is 16.7 Å². The van der Waals surface area contributed by atoms with Crippen LogP contribution in [0.5, 0.6) is 5.75 Å². The third-order valence-corrected chi connectivity index (χ3v) is 2.93. The Bertz CT molecular complexity index is 621. The van der Waals surface area contributed by atoms with Crippen molar-refractivity contribution < 1.29 is 13.5 Å². The average Bonchev–Trinajstić information content (AvgIpc) is 2.49. The minimum absolute atomic E-state index is 0.142. The Kier molecular flexibility index (Phi) is 5.24. The molecule has 0 spiro atoms. The minimum atomic E-state index is -2.81. The lowest BCUT2D eigenvalue weighted by atomic mass is 10.1. The Labute approximate surface area is 121 Å². The summed E-state index contributed by atoms with van der Waals surface area (Å²) >= 11 is 0. The van der Waals surface area contributed by atoms with Crippen molar-refractivity contribution in [3.63, 3.8) is 0 Å². The Morgan fingerprint density at radius 1 is 1.05 bits per heavy atom. The normalized spacial score (nSPS) is 10.4. The number of nitrogens with one attached hydrogen (secondary N) is 1. The van der Waals surface area contributed by atoms with Crippen LogP contribution in [-0.2, 0) is 13.1 Å². The van der Waals surface area contributed by atoms with Crippen LogP contribution in [-0.4, -0.2) is 6.61 Å². The van der Waals surface area contributed by atoms with Crippen LogP contribution in [0, 0.1) is 11.3 Å². The van der Waals surface area contributed by atoms with E-state index in [1.54, 1.807) is 18.2 Å². The van der Waals surface area contributed by atoms with Crippen LogP contribution < -0.4 is 10.1 Å². The van der Waals surface area contributed by atoms with Crippen molar-refractivity contribution in [3.05, 3.63) is 65.2 Å². The molecule has 0 radical (unpaired) electrons. The van der Waals surface area contributed by atoms with Gasteiger partial charge in [0.2, 0.25) is 0 Å². The summed E-state index contributed by atoms with van der Waals surface area (Å²) < 4.78 is 28.3. The molecule has 5 heteroatoms. The molecule has 0 aliphatic carbocycles. The maximum absolute atomic E-state index is 12.0. The number of ether oxygens (including phenoxy) is 1. The monoisotopic (exact) mass is 288 g/mol. The molecule has 0 aliphatic rings. The van der Waals surface area contributed by atoms with E-state index < -0.39 is 6.61 Å². The van der Waals surface area contributed by atoms with E-state index in [2.05, 4.69) is 16.1 Å². The van der Waals surface area contributed by atoms with E-state index in [0.717, 1.165) is 11.1 Å². The van der Waals surface area contributed by atoms with Gasteiger partial charge in [0, 0.05) is 13.1 Å². The van der Waals surface area contributed by atoms with Gasteiger partial charge in [0.1, 0.15) is 5.75 Å². The molecule has 2 rings (SSSR count). The molecule has 0 heterocycles. The summed E-state index contributed by atoms with van der Waals surface area (Å²) in [6.45, 7) is -1.66. The van der Waals surface area contributed by atoms with E-state index in [0.29, 0.717) is 18.7 Å². The smallest absolute Gasteiger partial charge is 0.387 e. The van der Waals surface area contributed by atoms with E-state index >= 15 is 0 Å². The number of benzene rings is 2. The summed E-state index contributed by atoms with van der Waals surface area (Å²) in [6.07, 6.45) is 0. The summed E-state index contributed by atoms with van der Waals surface area (Å²) in [5, 5.41) is 12.2. The van der Waals surface area contributed by atoms with E-state index in [4.69, 9.17) is 5.26 Å². The van der Waals surface area contributed by atoms with Gasteiger partial charge in [-0.1, -0.05) is 30.3 Å². The van der Waals surface area contributed by atoms with Gasteiger partial charge in [0.25, 0.3) is 0 Å². The maximum Gasteiger partial charge on any atom is 0.387 e. The van der Waals surface area contributed by atoms with Crippen molar-refractivity contribution in [2.75, 3.05) is 0 Å². The standard InChI is InChI=1S/C16H14F2N2O/c17-16(18)21-15-7-5-12(6-8-15)10-20-11-14-4-2-1-3-13(14)9-19/h1-8,16,20H,10-11H2. The Morgan fingerprint density at radius 2 is 1.76 bits per heavy atom. The van der Waals surface area contributed by atoms with Gasteiger partial charge >= 0.3 is 6.61 Å². The van der Waals surface area contributed by atoms with Crippen LogP contribution >= 0.6 is 0 Å². The van der Waals surface area contributed by atoms with Gasteiger partial charge in [0.05, 0.1) is 11.6 Å². The quantitative estimate of drug-likeness (QED) is 0.885. The van der Waals surface area contributed by atoms with Gasteiger partial charge in [-0.25, -0.2) is 0 Å². The molecule has 0 fully saturated rings. The number of hydrogen-bond acceptors (Lipinski definition) is 3. The molecule has 0 aromatic heterocycles. The molecule has 0 unspecified atom stereocenters. The van der Waals surface area contributed by atoms with E-state index in [1.165, 1.54) is 12.1 Å². The highest BCUT2D eigenvalue weighted by molar-refractivity contribution is 5.37. The molecule has 0 saturated carbocycles. The third-order valence-electron chi connectivity index (χ3n) is 2.93. The van der Waals surface area contributed by atoms with Gasteiger partial charge in [-0.2, -0.15) is 14.0 Å². The molecular formula is C16H14F2N2O. The predicted octanol–water partition coefficient (Wildman–Crippen LogP) is 3.45. The number of rotatable bonds is 6. The van der Waals surface area contributed by atoms with Crippen molar-refractivity contribution in [1.29, 1.82) is 5.26 Å². The fraction of sp³-hybridized carbons (Fsp3) is 0.188. The first-order chi connectivity index (χ1) is 10.2. The van der Waals surface area contributed by atoms with Crippen LogP contribution in [0.25, 0.3) is 0 Å². The summed E-state index contributed by atoms with van der Waals surface area (Å²) in [6, 6.07) is 16.0. The zero-order valence-electron chi connectivity index (χ0n) is 11.2. The second-order valence-corrected chi connectivity index (χ2v) is 4.39. The number of nitriles is 1. The van der Waals surface area contributed by atoms with Crippen molar-refractivity contribution in [1.82, 2.24) is 5.32 Å². The summed E-state index contributed by atoms with van der Waals surface area (Å²) in [7, 11) is 0. The fourth-order valence-corrected chi connectivity index (χ4v) is 1.91. The van der Waals surface area contributed by atoms with E-state index in [9.17, 15) is 8.78 Å². The summed E-state index contributed by atoms with van der Waals surface area (Å²) in [4.78, 5) is 0. The first-order valence-electron chi connectivity index (χ1n) is 6.41. The number of halogens is 2. The molecule has 2 aromatic carbocycles. The molecule has 108 valence electrons. The molecular weight excluding hydrogens is 274 g/mol. The predicted molar refractivity (Wildman–Crippen MR) is 74.8 cm³/mol. The Balaban J connectivity index is 1.87. The van der Waals surface area contributed by atoms with Gasteiger partial charge < -0.3 is 10.1 Å². The zero-order valence-corrected chi connectivity index (χ0v) is 11.2. The first kappa shape index (κ1) is 14.9. The highest BCUT2D eigenvalue weighted by Crippen LogP contribution is 2.15. The largest absolute Gasteiger partial charge is 0.435 e. The molecule has 0 atom stereocenters. The molecule has 0 bridgehead atoms. The lowest BCUT2D eigenvalue weighted by Crippen LogP contribution is -2.13. The minimum Gasteiger partial charge on any atom is -0.435 e. The van der Waals surface area contributed by atoms with Crippen molar-refractivity contribution in [2.45, 2.75) is 19.7 Å². The van der Waals surface area contributed by atoms with Gasteiger partial charge in [-0.3, -0.25) is 0 Å². The first-order valence-corrected chi connectivity index (χ1v) is 6.41. The fourth-order valence-electron chi connectivity index (χ4n) is 1.91. The second kappa shape index (κ2) is 7.36. The second-order valence-electron chi connectivity index (χ2n) is 4.39. The average molecular weight is 288 g/mol. The SMILES string of the molecule is N#Cc1ccccc1CNCc1ccc(OC(F)F)cc1. The highest BCUT2D eigenvalue weighted by Gasteiger charge is 2.04. The van der Waals surface area contributed by atoms with Crippen LogP contribution in [0.15, 0.2) is 48.5 Å². The molecule has 1 N–H and O–H groups in total. The topological polar surface area (TPSA) is 45.0 Å². The molecule has 21 heavy (non-hydrogen) atoms. The van der Waals surface area contributed by atoms with Gasteiger partial charge in [-0.15, -0.1) is 0 Å². The number of alkyl halides is 2. The Hall–Kier alpha value is -2.45. The highest BCUT2D eigenvalue weighted by atomic mass is 19.3. The van der Waals surface area contributed by atoms with E-state index in [-0.39, 0.29) is 5.75 Å². The molecule has 0 aliphatic heterocycles. The van der Waals surface area contributed by atoms with Crippen molar-refractivity contribution in [3.8, 4) is 11.8 Å². The summed E-state index contributed by atoms with van der Waals surface area (Å²) in [5.41, 5.74) is 2.52. The molecule has 0 saturated heterocycles. The molecule has 2 aromatic rings. The third kappa shape index (κ3) is 4.55.